The van der Waals surface area contributed by atoms with Gasteiger partial charge in [0.15, 0.2) is 17.3 Å². The second-order valence-corrected chi connectivity index (χ2v) is 4.96. The van der Waals surface area contributed by atoms with Crippen LogP contribution in [0.5, 0.6) is 23.0 Å². The Bertz CT molecular complexity index is 691. The molecule has 0 atom stereocenters. The molecule has 3 rings (SSSR count). The zero-order chi connectivity index (χ0) is 15.5. The minimum Gasteiger partial charge on any atom is -0.507 e. The molecule has 1 aliphatic heterocycles. The molecule has 2 aromatic rings. The molecule has 0 saturated heterocycles. The Hall–Kier alpha value is -2.69. The van der Waals surface area contributed by atoms with Crippen molar-refractivity contribution in [3.05, 3.63) is 47.5 Å². The van der Waals surface area contributed by atoms with Crippen LogP contribution in [0.2, 0.25) is 0 Å². The van der Waals surface area contributed by atoms with E-state index in [1.54, 1.807) is 19.2 Å². The quantitative estimate of drug-likeness (QED) is 0.879. The van der Waals surface area contributed by atoms with Gasteiger partial charge in [0, 0.05) is 12.5 Å². The summed E-state index contributed by atoms with van der Waals surface area (Å²) in [4.78, 5) is 12.4. The van der Waals surface area contributed by atoms with Gasteiger partial charge in [-0.3, -0.25) is 4.79 Å². The number of hydrogen-bond acceptors (Lipinski definition) is 5. The molecule has 1 aliphatic rings. The summed E-state index contributed by atoms with van der Waals surface area (Å²) in [5.74, 6) is 1.41. The number of ketones is 1. The molecular formula is C17H16O5. The number of phenolic OH excluding ortho intramolecular Hbond substituents is 1. The highest BCUT2D eigenvalue weighted by Gasteiger charge is 2.19. The third kappa shape index (κ3) is 2.83. The number of carbonyl (C=O) groups excluding carboxylic acids is 1. The van der Waals surface area contributed by atoms with Crippen molar-refractivity contribution >= 4 is 5.78 Å². The first-order chi connectivity index (χ1) is 10.7. The van der Waals surface area contributed by atoms with Gasteiger partial charge in [0.05, 0.1) is 12.7 Å². The van der Waals surface area contributed by atoms with Crippen LogP contribution >= 0.6 is 0 Å². The van der Waals surface area contributed by atoms with Gasteiger partial charge in [-0.2, -0.15) is 0 Å². The molecule has 0 unspecified atom stereocenters. The second kappa shape index (κ2) is 5.97. The number of rotatable bonds is 4. The number of hydrogen-bond donors (Lipinski definition) is 1. The van der Waals surface area contributed by atoms with E-state index >= 15 is 0 Å². The lowest BCUT2D eigenvalue weighted by Crippen LogP contribution is -2.16. The molecule has 0 radical (unpaired) electrons. The van der Waals surface area contributed by atoms with Crippen LogP contribution < -0.4 is 14.2 Å². The van der Waals surface area contributed by atoms with Crippen molar-refractivity contribution in [2.75, 3.05) is 20.3 Å². The number of phenols is 1. The van der Waals surface area contributed by atoms with Gasteiger partial charge in [-0.15, -0.1) is 0 Å². The Kier molecular flexibility index (Phi) is 3.87. The van der Waals surface area contributed by atoms with Gasteiger partial charge in [0.25, 0.3) is 0 Å². The lowest BCUT2D eigenvalue weighted by Gasteiger charge is -2.19. The van der Waals surface area contributed by atoms with Crippen molar-refractivity contribution in [1.82, 2.24) is 0 Å². The maximum Gasteiger partial charge on any atom is 0.171 e. The molecule has 1 heterocycles. The normalized spacial score (nSPS) is 12.8. The zero-order valence-corrected chi connectivity index (χ0v) is 12.2. The molecule has 2 aromatic carbocycles. The molecular weight excluding hydrogens is 284 g/mol. The number of benzene rings is 2. The predicted octanol–water partition coefficient (Wildman–Crippen LogP) is 2.60. The summed E-state index contributed by atoms with van der Waals surface area (Å²) in [6.45, 7) is 0.871. The van der Waals surface area contributed by atoms with E-state index in [4.69, 9.17) is 14.2 Å². The minimum atomic E-state index is -0.181. The van der Waals surface area contributed by atoms with Crippen molar-refractivity contribution in [1.29, 1.82) is 0 Å². The van der Waals surface area contributed by atoms with E-state index in [1.807, 2.05) is 12.1 Å². The van der Waals surface area contributed by atoms with Gasteiger partial charge in [-0.1, -0.05) is 12.1 Å². The molecule has 114 valence electrons. The number of fused-ring (bicyclic) bond motifs is 1. The molecule has 0 bridgehead atoms. The third-order valence-electron chi connectivity index (χ3n) is 3.48. The topological polar surface area (TPSA) is 65.0 Å². The molecule has 0 spiro atoms. The maximum atomic E-state index is 12.4. The molecule has 22 heavy (non-hydrogen) atoms. The summed E-state index contributed by atoms with van der Waals surface area (Å²) in [6.07, 6.45) is 0.192. The maximum absolute atomic E-state index is 12.4. The van der Waals surface area contributed by atoms with Gasteiger partial charge < -0.3 is 19.3 Å². The van der Waals surface area contributed by atoms with Crippen LogP contribution in [0.4, 0.5) is 0 Å². The van der Waals surface area contributed by atoms with Crippen molar-refractivity contribution < 1.29 is 24.1 Å². The first-order valence-corrected chi connectivity index (χ1v) is 6.96. The molecule has 5 nitrogen and oxygen atoms in total. The second-order valence-electron chi connectivity index (χ2n) is 4.96. The lowest BCUT2D eigenvalue weighted by molar-refractivity contribution is 0.0989. The van der Waals surface area contributed by atoms with Crippen molar-refractivity contribution in [3.63, 3.8) is 0 Å². The van der Waals surface area contributed by atoms with Gasteiger partial charge >= 0.3 is 0 Å². The van der Waals surface area contributed by atoms with Gasteiger partial charge in [0.2, 0.25) is 0 Å². The largest absolute Gasteiger partial charge is 0.507 e. The fourth-order valence-electron chi connectivity index (χ4n) is 2.33. The Morgan fingerprint density at radius 3 is 2.41 bits per heavy atom. The highest BCUT2D eigenvalue weighted by Crippen LogP contribution is 2.36. The smallest absolute Gasteiger partial charge is 0.171 e. The number of aromatic hydroxyl groups is 1. The van der Waals surface area contributed by atoms with Gasteiger partial charge in [-0.05, 0) is 23.8 Å². The van der Waals surface area contributed by atoms with E-state index < -0.39 is 0 Å². The van der Waals surface area contributed by atoms with Crippen molar-refractivity contribution in [2.45, 2.75) is 6.42 Å². The minimum absolute atomic E-state index is 0.0947. The first kappa shape index (κ1) is 14.3. The standard InChI is InChI=1S/C17H16O5/c1-20-12-4-2-11(3-5-12)8-14(18)13-9-16-17(10-15(13)19)22-7-6-21-16/h2-5,9-10,19H,6-8H2,1H3. The highest BCUT2D eigenvalue weighted by molar-refractivity contribution is 6.00. The zero-order valence-electron chi connectivity index (χ0n) is 12.2. The van der Waals surface area contributed by atoms with Crippen LogP contribution in [0.25, 0.3) is 0 Å². The van der Waals surface area contributed by atoms with Crippen LogP contribution in [0.1, 0.15) is 15.9 Å². The number of methoxy groups -OCH3 is 1. The summed E-state index contributed by atoms with van der Waals surface area (Å²) < 4.78 is 15.9. The van der Waals surface area contributed by atoms with Crippen LogP contribution in [-0.2, 0) is 6.42 Å². The third-order valence-corrected chi connectivity index (χ3v) is 3.48. The Morgan fingerprint density at radius 2 is 1.77 bits per heavy atom. The van der Waals surface area contributed by atoms with E-state index in [0.717, 1.165) is 11.3 Å². The number of ether oxygens (including phenoxy) is 3. The Balaban J connectivity index is 1.82. The Labute approximate surface area is 128 Å². The van der Waals surface area contributed by atoms with Crippen LogP contribution in [0, 0.1) is 0 Å². The SMILES string of the molecule is COc1ccc(CC(=O)c2cc3c(cc2O)OCCO3)cc1. The van der Waals surface area contributed by atoms with E-state index in [0.29, 0.717) is 24.7 Å². The average Bonchev–Trinajstić information content (AvgIpc) is 2.54. The predicted molar refractivity (Wildman–Crippen MR) is 80.1 cm³/mol. The number of carbonyl (C=O) groups is 1. The summed E-state index contributed by atoms with van der Waals surface area (Å²) in [7, 11) is 1.59. The molecule has 0 fully saturated rings. The van der Waals surface area contributed by atoms with Crippen LogP contribution in [0.15, 0.2) is 36.4 Å². The monoisotopic (exact) mass is 300 g/mol. The molecule has 0 amide bonds. The molecule has 0 aliphatic carbocycles. The summed E-state index contributed by atoms with van der Waals surface area (Å²) in [5.41, 5.74) is 1.08. The lowest BCUT2D eigenvalue weighted by atomic mass is 10.0. The molecule has 1 N–H and O–H groups in total. The van der Waals surface area contributed by atoms with Gasteiger partial charge in [-0.25, -0.2) is 0 Å². The van der Waals surface area contributed by atoms with E-state index in [1.165, 1.54) is 12.1 Å². The highest BCUT2D eigenvalue weighted by atomic mass is 16.6. The molecule has 0 saturated carbocycles. The van der Waals surface area contributed by atoms with Crippen molar-refractivity contribution in [2.24, 2.45) is 0 Å². The van der Waals surface area contributed by atoms with E-state index in [2.05, 4.69) is 0 Å². The Morgan fingerprint density at radius 1 is 1.14 bits per heavy atom. The van der Waals surface area contributed by atoms with Gasteiger partial charge in [0.1, 0.15) is 24.7 Å². The van der Waals surface area contributed by atoms with E-state index in [-0.39, 0.29) is 23.5 Å². The van der Waals surface area contributed by atoms with Crippen molar-refractivity contribution in [3.8, 4) is 23.0 Å². The van der Waals surface area contributed by atoms with Crippen LogP contribution in [0.3, 0.4) is 0 Å². The summed E-state index contributed by atoms with van der Waals surface area (Å²) >= 11 is 0. The number of Topliss-reactive ketones (excluding diaryl/α,β-unsaturated/α-hetero) is 1. The molecule has 5 heteroatoms. The summed E-state index contributed by atoms with van der Waals surface area (Å²) in [5, 5.41) is 10.0. The van der Waals surface area contributed by atoms with Crippen LogP contribution in [-0.4, -0.2) is 31.2 Å². The fraction of sp³-hybridized carbons (Fsp3) is 0.235. The summed E-state index contributed by atoms with van der Waals surface area (Å²) in [6, 6.07) is 10.2. The fourth-order valence-corrected chi connectivity index (χ4v) is 2.33. The molecule has 0 aromatic heterocycles. The average molecular weight is 300 g/mol. The van der Waals surface area contributed by atoms with E-state index in [9.17, 15) is 9.90 Å². The first-order valence-electron chi connectivity index (χ1n) is 6.96.